The molecule has 2 nitrogen and oxygen atoms in total. The van der Waals surface area contributed by atoms with Gasteiger partial charge in [0.1, 0.15) is 0 Å². The third kappa shape index (κ3) is 4.24. The number of hydrogen-bond donors (Lipinski definition) is 0. The molecule has 0 bridgehead atoms. The minimum absolute atomic E-state index is 0.507. The van der Waals surface area contributed by atoms with Gasteiger partial charge in [0.15, 0.2) is 0 Å². The van der Waals surface area contributed by atoms with Gasteiger partial charge in [0.2, 0.25) is 0 Å². The van der Waals surface area contributed by atoms with Crippen LogP contribution in [0.25, 0.3) is 0 Å². The SMILES string of the molecule is CC(C)C1=C(N2C=CN(c3c(C(C)C)cccc3C(C)C)C2)C(C(C)C)C(C)C=C1. The van der Waals surface area contributed by atoms with Crippen LogP contribution in [-0.4, -0.2) is 11.6 Å². The third-order valence-electron chi connectivity index (χ3n) is 6.77. The molecule has 0 saturated heterocycles. The molecule has 2 atom stereocenters. The van der Waals surface area contributed by atoms with Crippen molar-refractivity contribution in [2.45, 2.75) is 74.1 Å². The van der Waals surface area contributed by atoms with Crippen LogP contribution in [-0.2, 0) is 0 Å². The standard InChI is InChI=1S/C28H42N2/c1-18(2)23-11-10-12-24(19(3)4)27(23)29-15-16-30(17-29)28-25(20(5)6)14-13-22(9)26(28)21(7)8/h10-16,18-22,26H,17H2,1-9H3. The second kappa shape index (κ2) is 9.04. The third-order valence-corrected chi connectivity index (χ3v) is 6.77. The molecule has 1 heterocycles. The van der Waals surface area contributed by atoms with Crippen molar-refractivity contribution in [2.75, 3.05) is 11.6 Å². The van der Waals surface area contributed by atoms with Crippen LogP contribution in [0.4, 0.5) is 5.69 Å². The molecule has 3 rings (SSSR count). The quantitative estimate of drug-likeness (QED) is 0.474. The smallest absolute Gasteiger partial charge is 0.0986 e. The molecule has 2 unspecified atom stereocenters. The number of benzene rings is 1. The molecule has 2 aliphatic rings. The minimum atomic E-state index is 0.507. The normalized spacial score (nSPS) is 22.0. The molecule has 1 aromatic rings. The highest BCUT2D eigenvalue weighted by atomic mass is 15.4. The van der Waals surface area contributed by atoms with E-state index in [1.807, 2.05) is 0 Å². The highest BCUT2D eigenvalue weighted by molar-refractivity contribution is 5.64. The lowest BCUT2D eigenvalue weighted by molar-refractivity contribution is 0.284. The van der Waals surface area contributed by atoms with Gasteiger partial charge in [-0.05, 0) is 46.3 Å². The van der Waals surface area contributed by atoms with E-state index in [-0.39, 0.29) is 0 Å². The number of allylic oxidation sites excluding steroid dienone is 4. The van der Waals surface area contributed by atoms with Crippen molar-refractivity contribution >= 4 is 5.69 Å². The lowest BCUT2D eigenvalue weighted by Gasteiger charge is -2.39. The summed E-state index contributed by atoms with van der Waals surface area (Å²) in [4.78, 5) is 5.01. The van der Waals surface area contributed by atoms with Crippen LogP contribution in [0.15, 0.2) is 54.0 Å². The summed E-state index contributed by atoms with van der Waals surface area (Å²) in [6.07, 6.45) is 9.44. The van der Waals surface area contributed by atoms with Crippen LogP contribution in [0.2, 0.25) is 0 Å². The van der Waals surface area contributed by atoms with Gasteiger partial charge in [-0.25, -0.2) is 0 Å². The molecular weight excluding hydrogens is 364 g/mol. The summed E-state index contributed by atoms with van der Waals surface area (Å²) in [5, 5.41) is 0. The Bertz CT molecular complexity index is 812. The summed E-state index contributed by atoms with van der Waals surface area (Å²) >= 11 is 0. The van der Waals surface area contributed by atoms with Gasteiger partial charge in [-0.2, -0.15) is 0 Å². The monoisotopic (exact) mass is 406 g/mol. The van der Waals surface area contributed by atoms with Gasteiger partial charge >= 0.3 is 0 Å². The fraction of sp³-hybridized carbons (Fsp3) is 0.571. The van der Waals surface area contributed by atoms with Crippen molar-refractivity contribution in [3.05, 3.63) is 65.1 Å². The van der Waals surface area contributed by atoms with Gasteiger partial charge in [0.05, 0.1) is 6.67 Å². The van der Waals surface area contributed by atoms with Gasteiger partial charge in [0.25, 0.3) is 0 Å². The lowest BCUT2D eigenvalue weighted by atomic mass is 9.75. The molecule has 0 spiro atoms. The Morgan fingerprint density at radius 1 is 0.800 bits per heavy atom. The van der Waals surface area contributed by atoms with Gasteiger partial charge in [0, 0.05) is 29.7 Å². The Hall–Kier alpha value is -1.96. The Balaban J connectivity index is 2.03. The van der Waals surface area contributed by atoms with E-state index in [0.717, 1.165) is 6.67 Å². The second-order valence-electron chi connectivity index (χ2n) is 10.5. The zero-order valence-corrected chi connectivity index (χ0v) is 20.6. The number of rotatable bonds is 6. The average molecular weight is 407 g/mol. The van der Waals surface area contributed by atoms with Gasteiger partial charge in [-0.3, -0.25) is 0 Å². The topological polar surface area (TPSA) is 6.48 Å². The van der Waals surface area contributed by atoms with Crippen LogP contribution < -0.4 is 4.90 Å². The van der Waals surface area contributed by atoms with E-state index in [0.29, 0.717) is 35.5 Å². The summed E-state index contributed by atoms with van der Waals surface area (Å²) in [7, 11) is 0. The zero-order chi connectivity index (χ0) is 22.2. The summed E-state index contributed by atoms with van der Waals surface area (Å²) in [5.74, 6) is 3.29. The molecule has 1 aromatic carbocycles. The first-order valence-electron chi connectivity index (χ1n) is 11.9. The molecule has 2 heteroatoms. The summed E-state index contributed by atoms with van der Waals surface area (Å²) in [6.45, 7) is 21.9. The molecule has 0 N–H and O–H groups in total. The predicted molar refractivity (Wildman–Crippen MR) is 131 cm³/mol. The molecule has 164 valence electrons. The minimum Gasteiger partial charge on any atom is -0.331 e. The fourth-order valence-corrected chi connectivity index (χ4v) is 5.23. The molecule has 1 aliphatic heterocycles. The maximum atomic E-state index is 2.53. The average Bonchev–Trinajstić information content (AvgIpc) is 3.15. The van der Waals surface area contributed by atoms with E-state index in [4.69, 9.17) is 0 Å². The van der Waals surface area contributed by atoms with Crippen LogP contribution in [0.1, 0.15) is 85.3 Å². The number of hydrogen-bond acceptors (Lipinski definition) is 2. The Labute approximate surface area is 185 Å². The number of nitrogens with zero attached hydrogens (tertiary/aromatic N) is 2. The maximum absolute atomic E-state index is 2.53. The number of para-hydroxylation sites is 1. The van der Waals surface area contributed by atoms with E-state index in [9.17, 15) is 0 Å². The highest BCUT2D eigenvalue weighted by Crippen LogP contribution is 2.42. The molecular formula is C28H42N2. The van der Waals surface area contributed by atoms with Crippen molar-refractivity contribution in [3.63, 3.8) is 0 Å². The molecule has 30 heavy (non-hydrogen) atoms. The van der Waals surface area contributed by atoms with Crippen LogP contribution in [0.5, 0.6) is 0 Å². The van der Waals surface area contributed by atoms with Crippen LogP contribution in [0.3, 0.4) is 0 Å². The van der Waals surface area contributed by atoms with E-state index in [2.05, 4.69) is 115 Å². The van der Waals surface area contributed by atoms with E-state index in [1.165, 1.54) is 28.1 Å². The van der Waals surface area contributed by atoms with Crippen molar-refractivity contribution in [1.29, 1.82) is 0 Å². The predicted octanol–water partition coefficient (Wildman–Crippen LogP) is 7.87. The van der Waals surface area contributed by atoms with Crippen LogP contribution in [0, 0.1) is 23.7 Å². The van der Waals surface area contributed by atoms with Crippen molar-refractivity contribution in [3.8, 4) is 0 Å². The summed E-state index contributed by atoms with van der Waals surface area (Å²) in [6, 6.07) is 6.85. The second-order valence-corrected chi connectivity index (χ2v) is 10.5. The molecule has 0 saturated carbocycles. The van der Waals surface area contributed by atoms with E-state index < -0.39 is 0 Å². The van der Waals surface area contributed by atoms with Crippen molar-refractivity contribution < 1.29 is 0 Å². The first-order valence-corrected chi connectivity index (χ1v) is 11.9. The van der Waals surface area contributed by atoms with Gasteiger partial charge < -0.3 is 9.80 Å². The molecule has 0 radical (unpaired) electrons. The fourth-order valence-electron chi connectivity index (χ4n) is 5.23. The summed E-state index contributed by atoms with van der Waals surface area (Å²) < 4.78 is 0. The Morgan fingerprint density at radius 2 is 1.37 bits per heavy atom. The largest absolute Gasteiger partial charge is 0.331 e. The summed E-state index contributed by atoms with van der Waals surface area (Å²) in [5.41, 5.74) is 7.33. The number of anilines is 1. The lowest BCUT2D eigenvalue weighted by Crippen LogP contribution is -2.35. The van der Waals surface area contributed by atoms with Crippen molar-refractivity contribution in [1.82, 2.24) is 4.90 Å². The highest BCUT2D eigenvalue weighted by Gasteiger charge is 2.34. The zero-order valence-electron chi connectivity index (χ0n) is 20.6. The molecule has 0 amide bonds. The first kappa shape index (κ1) is 22.7. The Kier molecular flexibility index (Phi) is 6.84. The van der Waals surface area contributed by atoms with Crippen LogP contribution >= 0.6 is 0 Å². The molecule has 0 fully saturated rings. The van der Waals surface area contributed by atoms with Gasteiger partial charge in [-0.1, -0.05) is 92.7 Å². The molecule has 0 aromatic heterocycles. The van der Waals surface area contributed by atoms with E-state index >= 15 is 0 Å². The van der Waals surface area contributed by atoms with E-state index in [1.54, 1.807) is 0 Å². The van der Waals surface area contributed by atoms with Gasteiger partial charge in [-0.15, -0.1) is 0 Å². The van der Waals surface area contributed by atoms with Crippen molar-refractivity contribution in [2.24, 2.45) is 23.7 Å². The Morgan fingerprint density at radius 3 is 1.87 bits per heavy atom. The maximum Gasteiger partial charge on any atom is 0.0986 e. The molecule has 1 aliphatic carbocycles. The first-order chi connectivity index (χ1) is 14.1.